The Morgan fingerprint density at radius 2 is 2.21 bits per heavy atom. The topological polar surface area (TPSA) is 52.6 Å². The smallest absolute Gasteiger partial charge is 0.184 e. The molecule has 1 saturated heterocycles. The Morgan fingerprint density at radius 3 is 2.89 bits per heavy atom. The summed E-state index contributed by atoms with van der Waals surface area (Å²) in [5.41, 5.74) is 0.776. The van der Waals surface area contributed by atoms with E-state index in [9.17, 15) is 0 Å². The normalized spacial score (nSPS) is 19.2. The molecule has 1 fully saturated rings. The van der Waals surface area contributed by atoms with Gasteiger partial charge < -0.3 is 19.5 Å². The molecule has 1 aliphatic heterocycles. The first kappa shape index (κ1) is 14.1. The number of ether oxygens (including phenoxy) is 3. The Balaban J connectivity index is 1.88. The summed E-state index contributed by atoms with van der Waals surface area (Å²) in [6, 6.07) is 2.25. The van der Waals surface area contributed by atoms with Gasteiger partial charge in [-0.3, -0.25) is 4.98 Å². The molecule has 5 heteroatoms. The number of methoxy groups -OCH3 is 2. The van der Waals surface area contributed by atoms with Crippen molar-refractivity contribution in [2.24, 2.45) is 0 Å². The minimum Gasteiger partial charge on any atom is -0.493 e. The van der Waals surface area contributed by atoms with E-state index in [4.69, 9.17) is 14.2 Å². The molecule has 2 heterocycles. The third-order valence-corrected chi connectivity index (χ3v) is 3.34. The molecule has 106 valence electrons. The van der Waals surface area contributed by atoms with Gasteiger partial charge in [-0.25, -0.2) is 0 Å². The molecule has 0 aromatic carbocycles. The van der Waals surface area contributed by atoms with Crippen LogP contribution in [0.25, 0.3) is 0 Å². The molecule has 1 atom stereocenters. The number of nitrogens with one attached hydrogen (secondary N) is 1. The second-order valence-corrected chi connectivity index (χ2v) is 4.66. The lowest BCUT2D eigenvalue weighted by molar-refractivity contribution is 0.0872. The number of nitrogens with zero attached hydrogens (tertiary/aromatic N) is 1. The van der Waals surface area contributed by atoms with Crippen molar-refractivity contribution < 1.29 is 14.2 Å². The summed E-state index contributed by atoms with van der Waals surface area (Å²) in [4.78, 5) is 4.29. The van der Waals surface area contributed by atoms with E-state index in [2.05, 4.69) is 10.3 Å². The fourth-order valence-corrected chi connectivity index (χ4v) is 2.32. The minimum atomic E-state index is 0.443. The quantitative estimate of drug-likeness (QED) is 0.850. The largest absolute Gasteiger partial charge is 0.493 e. The molecular formula is C14H22N2O3. The molecule has 1 aromatic heterocycles. The summed E-state index contributed by atoms with van der Waals surface area (Å²) >= 11 is 0. The molecule has 1 aliphatic rings. The lowest BCUT2D eigenvalue weighted by Gasteiger charge is -2.23. The third kappa shape index (κ3) is 3.81. The van der Waals surface area contributed by atoms with Crippen LogP contribution in [-0.2, 0) is 11.3 Å². The fourth-order valence-electron chi connectivity index (χ4n) is 2.32. The number of hydrogen-bond acceptors (Lipinski definition) is 5. The number of pyridine rings is 1. The second kappa shape index (κ2) is 7.31. The number of piperidine rings is 1. The standard InChI is InChI=1S/C14H22N2O3/c1-17-13-6-8-16-12(14(13)18-2)10-19-9-11-5-3-4-7-15-11/h6,8,11,15H,3-5,7,9-10H2,1-2H3. The fraction of sp³-hybridized carbons (Fsp3) is 0.643. The van der Waals surface area contributed by atoms with Crippen molar-refractivity contribution in [1.29, 1.82) is 0 Å². The Morgan fingerprint density at radius 1 is 1.32 bits per heavy atom. The van der Waals surface area contributed by atoms with Crippen LogP contribution in [0.5, 0.6) is 11.5 Å². The Bertz CT molecular complexity index is 392. The summed E-state index contributed by atoms with van der Waals surface area (Å²) < 4.78 is 16.3. The molecule has 19 heavy (non-hydrogen) atoms. The van der Waals surface area contributed by atoms with Gasteiger partial charge in [0.2, 0.25) is 0 Å². The van der Waals surface area contributed by atoms with Gasteiger partial charge in [0.05, 0.1) is 27.4 Å². The van der Waals surface area contributed by atoms with E-state index in [1.807, 2.05) is 0 Å². The van der Waals surface area contributed by atoms with Crippen LogP contribution >= 0.6 is 0 Å². The van der Waals surface area contributed by atoms with Crippen LogP contribution < -0.4 is 14.8 Å². The van der Waals surface area contributed by atoms with Crippen molar-refractivity contribution in [3.63, 3.8) is 0 Å². The first-order chi connectivity index (χ1) is 9.35. The Hall–Kier alpha value is -1.33. The average molecular weight is 266 g/mol. The van der Waals surface area contributed by atoms with Gasteiger partial charge in [-0.05, 0) is 19.4 Å². The molecule has 0 saturated carbocycles. The number of hydrogen-bond donors (Lipinski definition) is 1. The van der Waals surface area contributed by atoms with Crippen LogP contribution in [0.4, 0.5) is 0 Å². The van der Waals surface area contributed by atoms with Crippen LogP contribution in [-0.4, -0.2) is 38.4 Å². The van der Waals surface area contributed by atoms with Gasteiger partial charge >= 0.3 is 0 Å². The van der Waals surface area contributed by atoms with Gasteiger partial charge in [-0.1, -0.05) is 6.42 Å². The van der Waals surface area contributed by atoms with Crippen LogP contribution in [0.3, 0.4) is 0 Å². The molecule has 1 unspecified atom stereocenters. The number of rotatable bonds is 6. The summed E-state index contributed by atoms with van der Waals surface area (Å²) in [6.07, 6.45) is 5.44. The zero-order chi connectivity index (χ0) is 13.5. The second-order valence-electron chi connectivity index (χ2n) is 4.66. The van der Waals surface area contributed by atoms with Crippen molar-refractivity contribution in [3.05, 3.63) is 18.0 Å². The lowest BCUT2D eigenvalue weighted by Crippen LogP contribution is -2.37. The highest BCUT2D eigenvalue weighted by atomic mass is 16.5. The third-order valence-electron chi connectivity index (χ3n) is 3.34. The van der Waals surface area contributed by atoms with E-state index in [0.717, 1.165) is 12.2 Å². The van der Waals surface area contributed by atoms with Gasteiger partial charge in [-0.15, -0.1) is 0 Å². The molecule has 0 bridgehead atoms. The zero-order valence-electron chi connectivity index (χ0n) is 11.6. The van der Waals surface area contributed by atoms with Crippen molar-refractivity contribution in [2.45, 2.75) is 31.9 Å². The van der Waals surface area contributed by atoms with Crippen LogP contribution in [0.2, 0.25) is 0 Å². The Kier molecular flexibility index (Phi) is 5.42. The lowest BCUT2D eigenvalue weighted by atomic mass is 10.1. The summed E-state index contributed by atoms with van der Waals surface area (Å²) in [5, 5.41) is 3.46. The van der Waals surface area contributed by atoms with Crippen LogP contribution in [0.15, 0.2) is 12.3 Å². The van der Waals surface area contributed by atoms with Gasteiger partial charge in [0.25, 0.3) is 0 Å². The molecule has 1 N–H and O–H groups in total. The van der Waals surface area contributed by atoms with Crippen molar-refractivity contribution >= 4 is 0 Å². The zero-order valence-corrected chi connectivity index (χ0v) is 11.6. The van der Waals surface area contributed by atoms with Gasteiger partial charge in [0.15, 0.2) is 11.5 Å². The summed E-state index contributed by atoms with van der Waals surface area (Å²) in [6.45, 7) is 2.25. The highest BCUT2D eigenvalue weighted by Crippen LogP contribution is 2.29. The summed E-state index contributed by atoms with van der Waals surface area (Å²) in [5.74, 6) is 1.34. The monoisotopic (exact) mass is 266 g/mol. The van der Waals surface area contributed by atoms with E-state index in [-0.39, 0.29) is 0 Å². The van der Waals surface area contributed by atoms with Crippen LogP contribution in [0.1, 0.15) is 25.0 Å². The van der Waals surface area contributed by atoms with Gasteiger partial charge in [-0.2, -0.15) is 0 Å². The maximum atomic E-state index is 5.74. The Labute approximate surface area is 114 Å². The van der Waals surface area contributed by atoms with Crippen molar-refractivity contribution in [2.75, 3.05) is 27.4 Å². The van der Waals surface area contributed by atoms with E-state index in [1.165, 1.54) is 19.3 Å². The van der Waals surface area contributed by atoms with E-state index in [1.54, 1.807) is 26.5 Å². The molecular weight excluding hydrogens is 244 g/mol. The van der Waals surface area contributed by atoms with E-state index < -0.39 is 0 Å². The molecule has 2 rings (SSSR count). The molecule has 0 amide bonds. The highest BCUT2D eigenvalue weighted by Gasteiger charge is 2.14. The maximum Gasteiger partial charge on any atom is 0.184 e. The predicted molar refractivity (Wildman–Crippen MR) is 72.6 cm³/mol. The molecule has 1 aromatic rings. The van der Waals surface area contributed by atoms with E-state index in [0.29, 0.717) is 30.8 Å². The van der Waals surface area contributed by atoms with Gasteiger partial charge in [0.1, 0.15) is 5.69 Å². The number of aromatic nitrogens is 1. The highest BCUT2D eigenvalue weighted by molar-refractivity contribution is 5.42. The SMILES string of the molecule is COc1ccnc(COCC2CCCCN2)c1OC. The van der Waals surface area contributed by atoms with Crippen molar-refractivity contribution in [3.8, 4) is 11.5 Å². The first-order valence-electron chi connectivity index (χ1n) is 6.72. The predicted octanol–water partition coefficient (Wildman–Crippen LogP) is 1.76. The molecule has 5 nitrogen and oxygen atoms in total. The van der Waals surface area contributed by atoms with Gasteiger partial charge in [0, 0.05) is 18.3 Å². The summed E-state index contributed by atoms with van der Waals surface area (Å²) in [7, 11) is 3.24. The molecule has 0 aliphatic carbocycles. The van der Waals surface area contributed by atoms with Crippen molar-refractivity contribution in [1.82, 2.24) is 10.3 Å². The minimum absolute atomic E-state index is 0.443. The molecule has 0 radical (unpaired) electrons. The first-order valence-corrected chi connectivity index (χ1v) is 6.72. The van der Waals surface area contributed by atoms with Crippen LogP contribution in [0, 0.1) is 0 Å². The van der Waals surface area contributed by atoms with E-state index >= 15 is 0 Å². The average Bonchev–Trinajstić information content (AvgIpc) is 2.48. The maximum absolute atomic E-state index is 5.74. The molecule has 0 spiro atoms.